The van der Waals surface area contributed by atoms with E-state index in [0.717, 1.165) is 30.7 Å². The van der Waals surface area contributed by atoms with Gasteiger partial charge < -0.3 is 4.90 Å². The Hall–Kier alpha value is -0.810. The van der Waals surface area contributed by atoms with Crippen molar-refractivity contribution in [3.63, 3.8) is 0 Å². The minimum atomic E-state index is 0.437. The van der Waals surface area contributed by atoms with Gasteiger partial charge in [-0.1, -0.05) is 45.9 Å². The van der Waals surface area contributed by atoms with Crippen LogP contribution in [0.2, 0.25) is 0 Å². The van der Waals surface area contributed by atoms with Crippen LogP contribution >= 0.6 is 27.7 Å². The fourth-order valence-corrected chi connectivity index (χ4v) is 4.37. The number of likely N-dealkylation sites (N-methyl/N-ethyl adjacent to an activating group) is 1. The molecule has 0 aliphatic carbocycles. The van der Waals surface area contributed by atoms with Crippen molar-refractivity contribution in [2.75, 3.05) is 33.2 Å². The van der Waals surface area contributed by atoms with Gasteiger partial charge >= 0.3 is 0 Å². The zero-order valence-electron chi connectivity index (χ0n) is 13.7. The van der Waals surface area contributed by atoms with Crippen LogP contribution in [0.5, 0.6) is 0 Å². The lowest BCUT2D eigenvalue weighted by Crippen LogP contribution is -2.45. The predicted molar refractivity (Wildman–Crippen MR) is 102 cm³/mol. The first kappa shape index (κ1) is 17.0. The summed E-state index contributed by atoms with van der Waals surface area (Å²) >= 11 is 5.51. The van der Waals surface area contributed by atoms with Crippen LogP contribution in [0.3, 0.4) is 0 Å². The van der Waals surface area contributed by atoms with Gasteiger partial charge in [-0.25, -0.2) is 0 Å². The minimum absolute atomic E-state index is 0.437. The number of rotatable bonds is 4. The first-order valence-corrected chi connectivity index (χ1v) is 9.69. The van der Waals surface area contributed by atoms with Crippen molar-refractivity contribution in [2.24, 2.45) is 0 Å². The van der Waals surface area contributed by atoms with Gasteiger partial charge in [-0.15, -0.1) is 0 Å². The number of hydrogen-bond donors (Lipinski definition) is 0. The fourth-order valence-electron chi connectivity index (χ4n) is 2.96. The molecule has 0 N–H and O–H groups in total. The van der Waals surface area contributed by atoms with Gasteiger partial charge in [-0.05, 0) is 49.9 Å². The summed E-state index contributed by atoms with van der Waals surface area (Å²) in [6.07, 6.45) is 0. The van der Waals surface area contributed by atoms with Crippen LogP contribution in [-0.4, -0.2) is 43.0 Å². The van der Waals surface area contributed by atoms with Crippen LogP contribution in [0, 0.1) is 0 Å². The molecule has 2 nitrogen and oxygen atoms in total. The molecule has 1 saturated heterocycles. The normalized spacial score (nSPS) is 18.0. The van der Waals surface area contributed by atoms with Gasteiger partial charge in [0.15, 0.2) is 0 Å². The lowest BCUT2D eigenvalue weighted by molar-refractivity contribution is 0.118. The van der Waals surface area contributed by atoms with Crippen LogP contribution in [-0.2, 0) is 0 Å². The molecule has 122 valence electrons. The Morgan fingerprint density at radius 1 is 1.00 bits per heavy atom. The zero-order valence-corrected chi connectivity index (χ0v) is 16.1. The maximum Gasteiger partial charge on any atom is 0.0332 e. The van der Waals surface area contributed by atoms with Crippen molar-refractivity contribution in [1.29, 1.82) is 0 Å². The average Bonchev–Trinajstić information content (AvgIpc) is 2.57. The van der Waals surface area contributed by atoms with Crippen molar-refractivity contribution < 1.29 is 0 Å². The molecule has 3 rings (SSSR count). The molecule has 0 amide bonds. The highest BCUT2D eigenvalue weighted by Gasteiger charge is 2.22. The lowest BCUT2D eigenvalue weighted by Gasteiger charge is -2.37. The molecule has 1 aliphatic rings. The summed E-state index contributed by atoms with van der Waals surface area (Å²) in [4.78, 5) is 7.65. The summed E-state index contributed by atoms with van der Waals surface area (Å²) in [5.41, 5.74) is 1.41. The summed E-state index contributed by atoms with van der Waals surface area (Å²) in [5, 5.41) is 0. The highest BCUT2D eigenvalue weighted by atomic mass is 79.9. The van der Waals surface area contributed by atoms with Gasteiger partial charge in [-0.3, -0.25) is 4.90 Å². The second-order valence-corrected chi connectivity index (χ2v) is 8.14. The molecular weight excluding hydrogens is 368 g/mol. The van der Waals surface area contributed by atoms with E-state index < -0.39 is 0 Å². The molecule has 2 aromatic carbocycles. The van der Waals surface area contributed by atoms with Gasteiger partial charge in [0.05, 0.1) is 0 Å². The third-order valence-electron chi connectivity index (χ3n) is 4.48. The minimum Gasteiger partial charge on any atom is -0.304 e. The molecule has 0 bridgehead atoms. The molecular formula is C19H23BrN2S. The maximum atomic E-state index is 3.65. The number of halogens is 1. The Bertz CT molecular complexity index is 639. The quantitative estimate of drug-likeness (QED) is 0.731. The molecule has 1 fully saturated rings. The average molecular weight is 391 g/mol. The topological polar surface area (TPSA) is 6.48 Å². The van der Waals surface area contributed by atoms with E-state index in [4.69, 9.17) is 0 Å². The van der Waals surface area contributed by atoms with E-state index >= 15 is 0 Å². The molecule has 4 heteroatoms. The Morgan fingerprint density at radius 2 is 1.70 bits per heavy atom. The predicted octanol–water partition coefficient (Wildman–Crippen LogP) is 4.91. The number of benzene rings is 2. The molecule has 0 spiro atoms. The third-order valence-corrected chi connectivity index (χ3v) is 6.07. The van der Waals surface area contributed by atoms with E-state index in [1.807, 2.05) is 11.8 Å². The van der Waals surface area contributed by atoms with Crippen LogP contribution in [0.25, 0.3) is 0 Å². The summed E-state index contributed by atoms with van der Waals surface area (Å²) in [6.45, 7) is 6.92. The molecule has 1 unspecified atom stereocenters. The lowest BCUT2D eigenvalue weighted by atomic mass is 10.1. The molecule has 0 radical (unpaired) electrons. The van der Waals surface area contributed by atoms with Crippen LogP contribution in [0.15, 0.2) is 62.8 Å². The van der Waals surface area contributed by atoms with Crippen molar-refractivity contribution in [1.82, 2.24) is 9.80 Å². The number of hydrogen-bond acceptors (Lipinski definition) is 3. The van der Waals surface area contributed by atoms with E-state index in [1.165, 1.54) is 15.4 Å². The highest BCUT2D eigenvalue weighted by molar-refractivity contribution is 9.10. The maximum absolute atomic E-state index is 3.65. The third kappa shape index (κ3) is 4.38. The highest BCUT2D eigenvalue weighted by Crippen LogP contribution is 2.36. The second-order valence-electron chi connectivity index (χ2n) is 6.11. The molecule has 0 aromatic heterocycles. The molecule has 2 aromatic rings. The summed E-state index contributed by atoms with van der Waals surface area (Å²) in [5.74, 6) is 0. The molecule has 23 heavy (non-hydrogen) atoms. The van der Waals surface area contributed by atoms with Crippen LogP contribution < -0.4 is 0 Å². The van der Waals surface area contributed by atoms with E-state index in [9.17, 15) is 0 Å². The van der Waals surface area contributed by atoms with Gasteiger partial charge in [0.2, 0.25) is 0 Å². The first-order chi connectivity index (χ1) is 11.1. The van der Waals surface area contributed by atoms with E-state index in [0.29, 0.717) is 6.04 Å². The van der Waals surface area contributed by atoms with Crippen LogP contribution in [0.1, 0.15) is 18.5 Å². The Balaban J connectivity index is 1.84. The largest absolute Gasteiger partial charge is 0.304 e. The van der Waals surface area contributed by atoms with E-state index in [1.54, 1.807) is 0 Å². The van der Waals surface area contributed by atoms with Crippen molar-refractivity contribution in [3.8, 4) is 0 Å². The van der Waals surface area contributed by atoms with E-state index in [2.05, 4.69) is 88.2 Å². The van der Waals surface area contributed by atoms with Crippen molar-refractivity contribution >= 4 is 27.7 Å². The van der Waals surface area contributed by atoms with Gasteiger partial charge in [0.1, 0.15) is 0 Å². The van der Waals surface area contributed by atoms with Crippen LogP contribution in [0.4, 0.5) is 0 Å². The molecule has 1 heterocycles. The SMILES string of the molecule is CC(c1cc(Br)ccc1Sc1ccccc1)N1CCN(C)CC1. The zero-order chi connectivity index (χ0) is 16.2. The first-order valence-electron chi connectivity index (χ1n) is 8.08. The smallest absolute Gasteiger partial charge is 0.0332 e. The van der Waals surface area contributed by atoms with Gasteiger partial charge in [-0.2, -0.15) is 0 Å². The summed E-state index contributed by atoms with van der Waals surface area (Å²) in [6, 6.07) is 17.7. The fraction of sp³-hybridized carbons (Fsp3) is 0.368. The number of piperazine rings is 1. The Kier molecular flexibility index (Phi) is 5.81. The van der Waals surface area contributed by atoms with Crippen molar-refractivity contribution in [2.45, 2.75) is 22.8 Å². The summed E-state index contributed by atoms with van der Waals surface area (Å²) < 4.78 is 1.16. The molecule has 0 saturated carbocycles. The standard InChI is InChI=1S/C19H23BrN2S/c1-15(22-12-10-21(2)11-13-22)18-14-16(20)8-9-19(18)23-17-6-4-3-5-7-17/h3-9,14-15H,10-13H2,1-2H3. The summed E-state index contributed by atoms with van der Waals surface area (Å²) in [7, 11) is 2.21. The van der Waals surface area contributed by atoms with Crippen molar-refractivity contribution in [3.05, 3.63) is 58.6 Å². The second kappa shape index (κ2) is 7.84. The number of nitrogens with zero attached hydrogens (tertiary/aromatic N) is 2. The Morgan fingerprint density at radius 3 is 2.39 bits per heavy atom. The van der Waals surface area contributed by atoms with E-state index in [-0.39, 0.29) is 0 Å². The Labute approximate surface area is 152 Å². The molecule has 1 atom stereocenters. The monoisotopic (exact) mass is 390 g/mol. The van der Waals surface area contributed by atoms with Gasteiger partial charge in [0.25, 0.3) is 0 Å². The molecule has 1 aliphatic heterocycles. The van der Waals surface area contributed by atoms with Gasteiger partial charge in [0, 0.05) is 46.5 Å².